The highest BCUT2D eigenvalue weighted by Gasteiger charge is 2.51. The molecule has 0 heterocycles. The first kappa shape index (κ1) is 27.7. The van der Waals surface area contributed by atoms with Crippen molar-refractivity contribution in [2.24, 2.45) is 5.73 Å². The average molecular weight is 505 g/mol. The molecule has 1 aliphatic carbocycles. The second-order valence-corrected chi connectivity index (χ2v) is 9.83. The van der Waals surface area contributed by atoms with E-state index < -0.39 is 11.8 Å². The van der Waals surface area contributed by atoms with Crippen LogP contribution < -0.4 is 5.73 Å². The maximum Gasteiger partial charge on any atom is 0.421 e. The van der Waals surface area contributed by atoms with Crippen LogP contribution in [0.4, 0.5) is 13.2 Å². The number of aliphatic hydroxyl groups is 1. The molecule has 1 unspecified atom stereocenters. The third-order valence-corrected chi connectivity index (χ3v) is 6.87. The lowest BCUT2D eigenvalue weighted by Crippen LogP contribution is -2.42. The molecule has 8 heteroatoms. The van der Waals surface area contributed by atoms with Gasteiger partial charge in [-0.25, -0.2) is 0 Å². The number of benzene rings is 2. The van der Waals surface area contributed by atoms with Gasteiger partial charge in [-0.2, -0.15) is 13.2 Å². The van der Waals surface area contributed by atoms with Crippen molar-refractivity contribution in [3.05, 3.63) is 71.3 Å². The number of halogens is 3. The number of carbonyl (C=O) groups is 2. The molecule has 2 atom stereocenters. The van der Waals surface area contributed by atoms with Gasteiger partial charge in [-0.05, 0) is 75.1 Å². The van der Waals surface area contributed by atoms with Gasteiger partial charge in [0.15, 0.2) is 5.60 Å². The van der Waals surface area contributed by atoms with Crippen LogP contribution in [0.1, 0.15) is 79.8 Å². The molecule has 3 N–H and O–H groups in total. The predicted molar refractivity (Wildman–Crippen MR) is 132 cm³/mol. The molecule has 0 bridgehead atoms. The number of hydrogen-bond acceptors (Lipinski definition) is 3. The molecule has 5 nitrogen and oxygen atoms in total. The maximum absolute atomic E-state index is 13.6. The van der Waals surface area contributed by atoms with E-state index in [4.69, 9.17) is 5.73 Å². The molecule has 1 aliphatic rings. The Labute approximate surface area is 210 Å². The third-order valence-electron chi connectivity index (χ3n) is 6.87. The highest BCUT2D eigenvalue weighted by molar-refractivity contribution is 5.95. The molecular weight excluding hydrogens is 469 g/mol. The predicted octanol–water partition coefficient (Wildman–Crippen LogP) is 5.50. The highest BCUT2D eigenvalue weighted by Crippen LogP contribution is 2.39. The third kappa shape index (κ3) is 7.32. The number of nitrogens with two attached hydrogens (primary N) is 1. The van der Waals surface area contributed by atoms with Gasteiger partial charge in [-0.1, -0.05) is 48.9 Å². The Hall–Kier alpha value is -2.87. The second kappa shape index (κ2) is 11.9. The molecular formula is C28H35F3N2O3. The van der Waals surface area contributed by atoms with E-state index >= 15 is 0 Å². The Bertz CT molecular complexity index is 1000. The van der Waals surface area contributed by atoms with Crippen molar-refractivity contribution in [1.29, 1.82) is 0 Å². The van der Waals surface area contributed by atoms with Crippen molar-refractivity contribution < 1.29 is 27.9 Å². The van der Waals surface area contributed by atoms with Gasteiger partial charge in [-0.15, -0.1) is 0 Å². The van der Waals surface area contributed by atoms with Crippen LogP contribution >= 0.6 is 0 Å². The molecule has 0 saturated heterocycles. The maximum atomic E-state index is 13.6. The number of primary amides is 1. The number of rotatable bonds is 13. The molecule has 0 radical (unpaired) electrons. The number of alkyl halides is 3. The van der Waals surface area contributed by atoms with E-state index in [0.717, 1.165) is 44.9 Å². The lowest BCUT2D eigenvalue weighted by atomic mass is 9.94. The first-order valence-electron chi connectivity index (χ1n) is 12.5. The Morgan fingerprint density at radius 2 is 1.61 bits per heavy atom. The summed E-state index contributed by atoms with van der Waals surface area (Å²) < 4.78 is 39.6. The fourth-order valence-corrected chi connectivity index (χ4v) is 4.52. The largest absolute Gasteiger partial charge is 0.421 e. The quantitative estimate of drug-likeness (QED) is 0.354. The Balaban J connectivity index is 1.75. The first-order chi connectivity index (χ1) is 17.0. The van der Waals surface area contributed by atoms with E-state index in [0.29, 0.717) is 25.3 Å². The summed E-state index contributed by atoms with van der Waals surface area (Å²) in [5, 5.41) is 9.94. The number of unbranched alkanes of at least 4 members (excludes halogenated alkanes) is 1. The minimum atomic E-state index is -4.83. The van der Waals surface area contributed by atoms with Gasteiger partial charge >= 0.3 is 6.18 Å². The monoisotopic (exact) mass is 504 g/mol. The second-order valence-electron chi connectivity index (χ2n) is 9.83. The fraction of sp³-hybridized carbons (Fsp3) is 0.500. The van der Waals surface area contributed by atoms with E-state index in [-0.39, 0.29) is 29.5 Å². The van der Waals surface area contributed by atoms with Crippen molar-refractivity contribution in [1.82, 2.24) is 4.90 Å². The topological polar surface area (TPSA) is 83.6 Å². The van der Waals surface area contributed by atoms with Crippen LogP contribution in [0.5, 0.6) is 0 Å². The van der Waals surface area contributed by atoms with Crippen LogP contribution in [0.25, 0.3) is 0 Å². The summed E-state index contributed by atoms with van der Waals surface area (Å²) in [4.78, 5) is 26.6. The van der Waals surface area contributed by atoms with Gasteiger partial charge in [0.2, 0.25) is 5.91 Å². The summed E-state index contributed by atoms with van der Waals surface area (Å²) in [5.41, 5.74) is 3.49. The summed E-state index contributed by atoms with van der Waals surface area (Å²) in [6.45, 7) is 0.704. The minimum Gasteiger partial charge on any atom is -0.376 e. The molecule has 196 valence electrons. The van der Waals surface area contributed by atoms with Gasteiger partial charge in [0.05, 0.1) is 0 Å². The molecule has 0 spiro atoms. The van der Waals surface area contributed by atoms with Crippen LogP contribution in [0.15, 0.2) is 54.6 Å². The Morgan fingerprint density at radius 1 is 1.00 bits per heavy atom. The van der Waals surface area contributed by atoms with Crippen LogP contribution in [0.3, 0.4) is 0 Å². The fourth-order valence-electron chi connectivity index (χ4n) is 4.52. The summed E-state index contributed by atoms with van der Waals surface area (Å²) >= 11 is 0. The number of hydrogen-bond donors (Lipinski definition) is 2. The minimum absolute atomic E-state index is 0.0421. The normalized spacial score (nSPS) is 16.2. The summed E-state index contributed by atoms with van der Waals surface area (Å²) in [5.74, 6) is -0.559. The smallest absolute Gasteiger partial charge is 0.376 e. The zero-order valence-corrected chi connectivity index (χ0v) is 20.6. The average Bonchev–Trinajstić information content (AvgIpc) is 3.66. The number of aryl methyl sites for hydroxylation is 1. The molecule has 36 heavy (non-hydrogen) atoms. The Morgan fingerprint density at radius 3 is 2.17 bits per heavy atom. The van der Waals surface area contributed by atoms with E-state index in [2.05, 4.69) is 12.1 Å². The summed E-state index contributed by atoms with van der Waals surface area (Å²) in [7, 11) is 0. The molecule has 3 rings (SSSR count). The van der Waals surface area contributed by atoms with E-state index in [9.17, 15) is 27.9 Å². The number of nitrogens with zero attached hydrogens (tertiary/aromatic N) is 1. The molecule has 0 aliphatic heterocycles. The van der Waals surface area contributed by atoms with Gasteiger partial charge in [0.25, 0.3) is 5.91 Å². The molecule has 2 aromatic rings. The van der Waals surface area contributed by atoms with Crippen molar-refractivity contribution in [2.75, 3.05) is 0 Å². The first-order valence-corrected chi connectivity index (χ1v) is 12.5. The standard InChI is InChI=1S/C28H35F3N2O3/c1-27(36,28(29,30)31)22-16-14-21(15-17-22)26(35)33(24-18-19-24)23(11-5-6-13-25(32)34)12-7-10-20-8-3-2-4-9-20/h2-4,8-9,14-17,23-24,36H,5-7,10-13,18-19H2,1H3,(H2,32,34)/t23?,27-/m0/s1. The SMILES string of the molecule is C[C@](O)(c1ccc(C(=O)N(C(CCCCC(N)=O)CCCc2ccccc2)C2CC2)cc1)C(F)(F)F. The van der Waals surface area contributed by atoms with Crippen molar-refractivity contribution >= 4 is 11.8 Å². The summed E-state index contributed by atoms with van der Waals surface area (Å²) in [6, 6.07) is 15.2. The van der Waals surface area contributed by atoms with E-state index in [1.54, 1.807) is 0 Å². The lowest BCUT2D eigenvalue weighted by molar-refractivity contribution is -0.258. The van der Waals surface area contributed by atoms with Crippen molar-refractivity contribution in [3.63, 3.8) is 0 Å². The Kier molecular flexibility index (Phi) is 9.17. The van der Waals surface area contributed by atoms with Gasteiger partial charge in [0, 0.05) is 24.1 Å². The lowest BCUT2D eigenvalue weighted by Gasteiger charge is -2.33. The molecule has 2 aromatic carbocycles. The van der Waals surface area contributed by atoms with Crippen LogP contribution in [-0.4, -0.2) is 40.1 Å². The van der Waals surface area contributed by atoms with Gasteiger partial charge in [-0.3, -0.25) is 9.59 Å². The van der Waals surface area contributed by atoms with Crippen LogP contribution in [0, 0.1) is 0 Å². The number of carbonyl (C=O) groups excluding carboxylic acids is 2. The van der Waals surface area contributed by atoms with Crippen molar-refractivity contribution in [3.8, 4) is 0 Å². The van der Waals surface area contributed by atoms with E-state index in [1.165, 1.54) is 29.8 Å². The van der Waals surface area contributed by atoms with Crippen LogP contribution in [-0.2, 0) is 16.8 Å². The molecule has 0 aromatic heterocycles. The van der Waals surface area contributed by atoms with E-state index in [1.807, 2.05) is 23.1 Å². The van der Waals surface area contributed by atoms with Crippen LogP contribution in [0.2, 0.25) is 0 Å². The molecule has 1 fully saturated rings. The van der Waals surface area contributed by atoms with Crippen molar-refractivity contribution in [2.45, 2.75) is 88.6 Å². The summed E-state index contributed by atoms with van der Waals surface area (Å²) in [6.07, 6.45) is 1.94. The molecule has 2 amide bonds. The van der Waals surface area contributed by atoms with Gasteiger partial charge < -0.3 is 15.7 Å². The van der Waals surface area contributed by atoms with Gasteiger partial charge in [0.1, 0.15) is 0 Å². The zero-order valence-electron chi connectivity index (χ0n) is 20.6. The zero-order chi connectivity index (χ0) is 26.3. The number of amides is 2. The molecule has 1 saturated carbocycles. The highest BCUT2D eigenvalue weighted by atomic mass is 19.4.